The quantitative estimate of drug-likeness (QED) is 0.720. The van der Waals surface area contributed by atoms with Crippen LogP contribution in [-0.2, 0) is 16.0 Å². The van der Waals surface area contributed by atoms with Crippen LogP contribution < -0.4 is 10.6 Å². The molecule has 0 spiro atoms. The number of nitrogens with zero attached hydrogens (tertiary/aromatic N) is 3. The summed E-state index contributed by atoms with van der Waals surface area (Å²) < 4.78 is 0. The highest BCUT2D eigenvalue weighted by Crippen LogP contribution is 2.16. The molecule has 1 aliphatic heterocycles. The van der Waals surface area contributed by atoms with Gasteiger partial charge >= 0.3 is 0 Å². The monoisotopic (exact) mass is 419 g/mol. The fraction of sp³-hybridized carbons (Fsp3) is 0.375. The number of nitrogens with one attached hydrogen (secondary N) is 2. The van der Waals surface area contributed by atoms with Crippen molar-refractivity contribution in [3.63, 3.8) is 0 Å². The van der Waals surface area contributed by atoms with Gasteiger partial charge in [0.1, 0.15) is 0 Å². The molecule has 2 N–H and O–H groups in total. The van der Waals surface area contributed by atoms with Crippen LogP contribution in [-0.4, -0.2) is 60.4 Å². The molecule has 162 valence electrons. The van der Waals surface area contributed by atoms with E-state index in [1.54, 1.807) is 24.3 Å². The second-order valence-corrected chi connectivity index (χ2v) is 7.73. The summed E-state index contributed by atoms with van der Waals surface area (Å²) in [6.07, 6.45) is 0.873. The largest absolute Gasteiger partial charge is 0.325 e. The number of hydrogen-bond donors (Lipinski definition) is 2. The van der Waals surface area contributed by atoms with Crippen molar-refractivity contribution >= 4 is 23.2 Å². The molecule has 3 rings (SSSR count). The summed E-state index contributed by atoms with van der Waals surface area (Å²) in [6, 6.07) is 16.5. The first-order chi connectivity index (χ1) is 15.0. The highest BCUT2D eigenvalue weighted by Gasteiger charge is 2.26. The molecule has 2 aromatic carbocycles. The van der Waals surface area contributed by atoms with E-state index < -0.39 is 0 Å². The number of para-hydroxylation sites is 1. The van der Waals surface area contributed by atoms with E-state index in [9.17, 15) is 9.59 Å². The molecule has 31 heavy (non-hydrogen) atoms. The number of rotatable bonds is 7. The first-order valence-corrected chi connectivity index (χ1v) is 10.7. The Morgan fingerprint density at radius 3 is 2.35 bits per heavy atom. The van der Waals surface area contributed by atoms with Crippen LogP contribution in [0.4, 0.5) is 11.4 Å². The number of aryl methyl sites for hydroxylation is 1. The van der Waals surface area contributed by atoms with Gasteiger partial charge in [-0.15, -0.1) is 0 Å². The molecule has 1 atom stereocenters. The lowest BCUT2D eigenvalue weighted by Gasteiger charge is -2.37. The van der Waals surface area contributed by atoms with Gasteiger partial charge in [0.2, 0.25) is 11.8 Å². The average molecular weight is 420 g/mol. The SMILES string of the molecule is CCc1ccccc1NC(=O)CN1CCN([C@@H](C)C(=O)Nc2ccc(C#N)cc2)CC1. The zero-order valence-electron chi connectivity index (χ0n) is 18.1. The summed E-state index contributed by atoms with van der Waals surface area (Å²) in [5.74, 6) is -0.0898. The lowest BCUT2D eigenvalue weighted by molar-refractivity contribution is -0.122. The standard InChI is InChI=1S/C24H29N5O2/c1-3-20-6-4-5-7-22(20)27-23(30)17-28-12-14-29(15-13-28)18(2)24(31)26-21-10-8-19(16-25)9-11-21/h4-11,18H,3,12-15,17H2,1-2H3,(H,26,31)(H,27,30)/t18-/m0/s1. The summed E-state index contributed by atoms with van der Waals surface area (Å²) in [5, 5.41) is 14.8. The Hall–Kier alpha value is -3.21. The maximum absolute atomic E-state index is 12.6. The van der Waals surface area contributed by atoms with Gasteiger partial charge in [-0.1, -0.05) is 25.1 Å². The smallest absolute Gasteiger partial charge is 0.241 e. The van der Waals surface area contributed by atoms with Crippen LogP contribution >= 0.6 is 0 Å². The van der Waals surface area contributed by atoms with E-state index in [1.807, 2.05) is 31.2 Å². The second kappa shape index (κ2) is 10.7. The van der Waals surface area contributed by atoms with Gasteiger partial charge in [-0.05, 0) is 49.2 Å². The first kappa shape index (κ1) is 22.5. The number of amides is 2. The summed E-state index contributed by atoms with van der Waals surface area (Å²) in [7, 11) is 0. The first-order valence-electron chi connectivity index (χ1n) is 10.7. The Morgan fingerprint density at radius 2 is 1.71 bits per heavy atom. The molecule has 1 fully saturated rings. The molecule has 0 radical (unpaired) electrons. The molecule has 0 bridgehead atoms. The van der Waals surface area contributed by atoms with E-state index in [1.165, 1.54) is 0 Å². The van der Waals surface area contributed by atoms with Crippen LogP contribution in [0.3, 0.4) is 0 Å². The van der Waals surface area contributed by atoms with Crippen molar-refractivity contribution in [2.75, 3.05) is 43.4 Å². The molecule has 0 saturated carbocycles. The van der Waals surface area contributed by atoms with Gasteiger partial charge in [-0.3, -0.25) is 19.4 Å². The second-order valence-electron chi connectivity index (χ2n) is 7.73. The maximum atomic E-state index is 12.6. The number of piperazine rings is 1. The van der Waals surface area contributed by atoms with Crippen molar-refractivity contribution in [2.45, 2.75) is 26.3 Å². The summed E-state index contributed by atoms with van der Waals surface area (Å²) in [4.78, 5) is 29.3. The highest BCUT2D eigenvalue weighted by atomic mass is 16.2. The fourth-order valence-electron chi connectivity index (χ4n) is 3.69. The van der Waals surface area contributed by atoms with E-state index >= 15 is 0 Å². The molecule has 1 saturated heterocycles. The molecule has 1 aliphatic rings. The van der Waals surface area contributed by atoms with Gasteiger partial charge < -0.3 is 10.6 Å². The van der Waals surface area contributed by atoms with E-state index in [0.29, 0.717) is 17.8 Å². The molecular formula is C24H29N5O2. The minimum absolute atomic E-state index is 0.0130. The van der Waals surface area contributed by atoms with Crippen molar-refractivity contribution in [3.05, 3.63) is 59.7 Å². The zero-order chi connectivity index (χ0) is 22.2. The number of carbonyl (C=O) groups is 2. The van der Waals surface area contributed by atoms with E-state index in [-0.39, 0.29) is 17.9 Å². The van der Waals surface area contributed by atoms with Crippen molar-refractivity contribution in [2.24, 2.45) is 0 Å². The van der Waals surface area contributed by atoms with Crippen LogP contribution in [0, 0.1) is 11.3 Å². The third-order valence-electron chi connectivity index (χ3n) is 5.66. The number of benzene rings is 2. The van der Waals surface area contributed by atoms with Crippen molar-refractivity contribution in [3.8, 4) is 6.07 Å². The third kappa shape index (κ3) is 6.14. The Morgan fingerprint density at radius 1 is 1.03 bits per heavy atom. The average Bonchev–Trinajstić information content (AvgIpc) is 2.80. The molecule has 2 amide bonds. The van der Waals surface area contributed by atoms with Crippen LogP contribution in [0.15, 0.2) is 48.5 Å². The van der Waals surface area contributed by atoms with Crippen molar-refractivity contribution in [1.82, 2.24) is 9.80 Å². The van der Waals surface area contributed by atoms with Gasteiger partial charge in [0.25, 0.3) is 0 Å². The molecular weight excluding hydrogens is 390 g/mol. The number of hydrogen-bond acceptors (Lipinski definition) is 5. The van der Waals surface area contributed by atoms with E-state index in [0.717, 1.165) is 43.9 Å². The Kier molecular flexibility index (Phi) is 7.76. The Labute approximate surface area is 183 Å². The predicted octanol–water partition coefficient (Wildman–Crippen LogP) is 2.70. The predicted molar refractivity (Wildman–Crippen MR) is 122 cm³/mol. The minimum atomic E-state index is -0.275. The summed E-state index contributed by atoms with van der Waals surface area (Å²) >= 11 is 0. The van der Waals surface area contributed by atoms with Crippen LogP contribution in [0.2, 0.25) is 0 Å². The van der Waals surface area contributed by atoms with Crippen LogP contribution in [0.25, 0.3) is 0 Å². The summed E-state index contributed by atoms with van der Waals surface area (Å²) in [6.45, 7) is 7.22. The molecule has 1 heterocycles. The molecule has 0 unspecified atom stereocenters. The Bertz CT molecular complexity index is 943. The molecule has 7 nitrogen and oxygen atoms in total. The highest BCUT2D eigenvalue weighted by molar-refractivity contribution is 5.94. The van der Waals surface area contributed by atoms with Gasteiger partial charge in [0, 0.05) is 37.6 Å². The van der Waals surface area contributed by atoms with Gasteiger partial charge in [-0.2, -0.15) is 5.26 Å². The van der Waals surface area contributed by atoms with Crippen LogP contribution in [0.1, 0.15) is 25.0 Å². The summed E-state index contributed by atoms with van der Waals surface area (Å²) in [5.41, 5.74) is 3.24. The van der Waals surface area contributed by atoms with Crippen molar-refractivity contribution in [1.29, 1.82) is 5.26 Å². The van der Waals surface area contributed by atoms with E-state index in [2.05, 4.69) is 33.4 Å². The third-order valence-corrected chi connectivity index (χ3v) is 5.66. The van der Waals surface area contributed by atoms with E-state index in [4.69, 9.17) is 5.26 Å². The molecule has 0 aromatic heterocycles. The lowest BCUT2D eigenvalue weighted by Crippen LogP contribution is -2.53. The molecule has 7 heteroatoms. The fourth-order valence-corrected chi connectivity index (χ4v) is 3.69. The maximum Gasteiger partial charge on any atom is 0.241 e. The van der Waals surface area contributed by atoms with Crippen LogP contribution in [0.5, 0.6) is 0 Å². The number of nitriles is 1. The van der Waals surface area contributed by atoms with Gasteiger partial charge in [0.15, 0.2) is 0 Å². The van der Waals surface area contributed by atoms with Gasteiger partial charge in [-0.25, -0.2) is 0 Å². The normalized spacial score (nSPS) is 15.6. The molecule has 0 aliphatic carbocycles. The number of carbonyl (C=O) groups excluding carboxylic acids is 2. The topological polar surface area (TPSA) is 88.5 Å². The lowest BCUT2D eigenvalue weighted by atomic mass is 10.1. The van der Waals surface area contributed by atoms with Gasteiger partial charge in [0.05, 0.1) is 24.2 Å². The molecule has 2 aromatic rings. The van der Waals surface area contributed by atoms with Crippen molar-refractivity contribution < 1.29 is 9.59 Å². The Balaban J connectivity index is 1.45. The zero-order valence-corrected chi connectivity index (χ0v) is 18.1. The minimum Gasteiger partial charge on any atom is -0.325 e. The number of anilines is 2.